The number of fused-ring (bicyclic) bond motifs is 1. The summed E-state index contributed by atoms with van der Waals surface area (Å²) in [4.78, 5) is 14.8. The molecule has 5 heteroatoms. The number of hydrogen-bond donors (Lipinski definition) is 0. The molecule has 4 nitrogen and oxygen atoms in total. The van der Waals surface area contributed by atoms with E-state index in [2.05, 4.69) is 59.0 Å². The van der Waals surface area contributed by atoms with E-state index in [1.807, 2.05) is 24.0 Å². The summed E-state index contributed by atoms with van der Waals surface area (Å²) in [5.74, 6) is 0. The normalized spacial score (nSPS) is 27.2. The first-order valence-electron chi connectivity index (χ1n) is 9.98. The maximum absolute atomic E-state index is 5.10. The highest BCUT2D eigenvalue weighted by Crippen LogP contribution is 2.48. The van der Waals surface area contributed by atoms with Crippen LogP contribution >= 0.6 is 11.8 Å². The molecule has 3 aliphatic rings. The Hall–Kier alpha value is -2.01. The van der Waals surface area contributed by atoms with Gasteiger partial charge in [-0.25, -0.2) is 0 Å². The molecule has 1 aromatic carbocycles. The van der Waals surface area contributed by atoms with Gasteiger partial charge in [0.05, 0.1) is 11.7 Å². The molecule has 3 unspecified atom stereocenters. The number of pyridine rings is 1. The van der Waals surface area contributed by atoms with E-state index in [0.29, 0.717) is 5.25 Å². The lowest BCUT2D eigenvalue weighted by molar-refractivity contribution is 0.320. The van der Waals surface area contributed by atoms with Crippen molar-refractivity contribution in [2.24, 2.45) is 4.99 Å². The van der Waals surface area contributed by atoms with Crippen molar-refractivity contribution in [2.75, 3.05) is 24.5 Å². The third kappa shape index (κ3) is 3.02. The van der Waals surface area contributed by atoms with Crippen LogP contribution in [0.1, 0.15) is 48.7 Å². The molecular weight excluding hydrogens is 352 g/mol. The molecule has 3 atom stereocenters. The van der Waals surface area contributed by atoms with Crippen molar-refractivity contribution in [2.45, 2.75) is 44.0 Å². The van der Waals surface area contributed by atoms with Gasteiger partial charge in [0.2, 0.25) is 0 Å². The lowest BCUT2D eigenvalue weighted by Gasteiger charge is -2.29. The molecule has 27 heavy (non-hydrogen) atoms. The molecule has 2 aromatic rings. The Bertz CT molecular complexity index is 860. The highest BCUT2D eigenvalue weighted by Gasteiger charge is 2.44. The second-order valence-corrected chi connectivity index (χ2v) is 9.28. The second kappa shape index (κ2) is 6.86. The zero-order valence-corrected chi connectivity index (χ0v) is 16.8. The number of anilines is 1. The van der Waals surface area contributed by atoms with Crippen LogP contribution in [0, 0.1) is 6.92 Å². The van der Waals surface area contributed by atoms with Crippen molar-refractivity contribution in [3.8, 4) is 0 Å². The first kappa shape index (κ1) is 17.1. The third-order valence-electron chi connectivity index (χ3n) is 5.92. The Balaban J connectivity index is 1.53. The van der Waals surface area contributed by atoms with Gasteiger partial charge >= 0.3 is 0 Å². The molecule has 140 valence electrons. The minimum absolute atomic E-state index is 0.0811. The standard InChI is InChI=1S/C22H26N4S/c1-15-13-17(25-11-5-6-12-25)8-9-18(15)21-20(19-7-3-4-10-23-19)24-22-26(21)14-16(2)27-22/h3-4,7-10,13,16,20-21H,5-6,11-12,14H2,1-2H3. The summed E-state index contributed by atoms with van der Waals surface area (Å²) in [7, 11) is 0. The average molecular weight is 379 g/mol. The summed E-state index contributed by atoms with van der Waals surface area (Å²) < 4.78 is 0. The van der Waals surface area contributed by atoms with Crippen molar-refractivity contribution in [3.63, 3.8) is 0 Å². The molecule has 2 saturated heterocycles. The van der Waals surface area contributed by atoms with Crippen LogP contribution in [0.25, 0.3) is 0 Å². The maximum atomic E-state index is 5.10. The van der Waals surface area contributed by atoms with Crippen LogP contribution in [-0.2, 0) is 0 Å². The molecule has 0 aliphatic carbocycles. The zero-order chi connectivity index (χ0) is 18.4. The number of nitrogens with zero attached hydrogens (tertiary/aromatic N) is 4. The lowest BCUT2D eigenvalue weighted by Crippen LogP contribution is -2.29. The summed E-state index contributed by atoms with van der Waals surface area (Å²) in [6.45, 7) is 7.99. The predicted molar refractivity (Wildman–Crippen MR) is 114 cm³/mol. The van der Waals surface area contributed by atoms with Gasteiger partial charge in [-0.3, -0.25) is 9.98 Å². The maximum Gasteiger partial charge on any atom is 0.160 e. The zero-order valence-electron chi connectivity index (χ0n) is 16.0. The highest BCUT2D eigenvalue weighted by atomic mass is 32.2. The quantitative estimate of drug-likeness (QED) is 0.782. The van der Waals surface area contributed by atoms with Gasteiger partial charge in [-0.05, 0) is 55.2 Å². The molecule has 5 rings (SSSR count). The predicted octanol–water partition coefficient (Wildman–Crippen LogP) is 4.58. The van der Waals surface area contributed by atoms with E-state index < -0.39 is 0 Å². The summed E-state index contributed by atoms with van der Waals surface area (Å²) in [5.41, 5.74) is 5.19. The number of aryl methyl sites for hydroxylation is 1. The molecule has 1 aromatic heterocycles. The number of benzene rings is 1. The van der Waals surface area contributed by atoms with Gasteiger partial charge < -0.3 is 9.80 Å². The summed E-state index contributed by atoms with van der Waals surface area (Å²) in [6, 6.07) is 13.5. The Morgan fingerprint density at radius 3 is 2.70 bits per heavy atom. The van der Waals surface area contributed by atoms with E-state index in [1.54, 1.807) is 0 Å². The topological polar surface area (TPSA) is 31.7 Å². The molecule has 0 spiro atoms. The molecular formula is C22H26N4S. The van der Waals surface area contributed by atoms with Gasteiger partial charge in [0.15, 0.2) is 5.17 Å². The largest absolute Gasteiger partial charge is 0.372 e. The Morgan fingerprint density at radius 1 is 1.11 bits per heavy atom. The number of aliphatic imine (C=N–C) groups is 1. The fourth-order valence-electron chi connectivity index (χ4n) is 4.62. The third-order valence-corrected chi connectivity index (χ3v) is 7.03. The Kier molecular flexibility index (Phi) is 4.35. The molecule has 0 amide bonds. The summed E-state index contributed by atoms with van der Waals surface area (Å²) >= 11 is 1.90. The molecule has 2 fully saturated rings. The van der Waals surface area contributed by atoms with E-state index in [1.165, 1.54) is 47.9 Å². The van der Waals surface area contributed by atoms with Gasteiger partial charge in [-0.15, -0.1) is 0 Å². The molecule has 0 bridgehead atoms. The highest BCUT2D eigenvalue weighted by molar-refractivity contribution is 8.14. The Labute approximate surface area is 165 Å². The molecule has 3 aliphatic heterocycles. The van der Waals surface area contributed by atoms with Gasteiger partial charge in [0.1, 0.15) is 6.04 Å². The molecule has 0 radical (unpaired) electrons. The smallest absolute Gasteiger partial charge is 0.160 e. The average Bonchev–Trinajstić information content (AvgIpc) is 3.39. The first-order valence-corrected chi connectivity index (χ1v) is 10.9. The Morgan fingerprint density at radius 2 is 1.96 bits per heavy atom. The van der Waals surface area contributed by atoms with E-state index in [4.69, 9.17) is 4.99 Å². The van der Waals surface area contributed by atoms with E-state index in [0.717, 1.165) is 12.2 Å². The molecule has 0 saturated carbocycles. The van der Waals surface area contributed by atoms with Crippen molar-refractivity contribution in [1.82, 2.24) is 9.88 Å². The first-order chi connectivity index (χ1) is 13.2. The van der Waals surface area contributed by atoms with Crippen LogP contribution in [0.4, 0.5) is 5.69 Å². The van der Waals surface area contributed by atoms with Crippen LogP contribution < -0.4 is 4.90 Å². The van der Waals surface area contributed by atoms with Crippen molar-refractivity contribution < 1.29 is 0 Å². The van der Waals surface area contributed by atoms with Crippen LogP contribution in [0.2, 0.25) is 0 Å². The van der Waals surface area contributed by atoms with Crippen molar-refractivity contribution in [1.29, 1.82) is 0 Å². The van der Waals surface area contributed by atoms with Crippen molar-refractivity contribution >= 4 is 22.6 Å². The molecule has 4 heterocycles. The van der Waals surface area contributed by atoms with Crippen LogP contribution in [0.3, 0.4) is 0 Å². The van der Waals surface area contributed by atoms with Gasteiger partial charge in [0.25, 0.3) is 0 Å². The minimum Gasteiger partial charge on any atom is -0.372 e. The van der Waals surface area contributed by atoms with Gasteiger partial charge in [-0.2, -0.15) is 0 Å². The number of amidine groups is 1. The number of aromatic nitrogens is 1. The van der Waals surface area contributed by atoms with E-state index >= 15 is 0 Å². The van der Waals surface area contributed by atoms with E-state index in [9.17, 15) is 0 Å². The second-order valence-electron chi connectivity index (χ2n) is 7.87. The van der Waals surface area contributed by atoms with Gasteiger partial charge in [0, 0.05) is 36.8 Å². The fourth-order valence-corrected chi connectivity index (χ4v) is 5.71. The number of hydrogen-bond acceptors (Lipinski definition) is 5. The van der Waals surface area contributed by atoms with Crippen molar-refractivity contribution in [3.05, 3.63) is 59.4 Å². The van der Waals surface area contributed by atoms with Gasteiger partial charge in [-0.1, -0.05) is 30.8 Å². The lowest BCUT2D eigenvalue weighted by atomic mass is 9.92. The summed E-state index contributed by atoms with van der Waals surface area (Å²) in [5, 5.41) is 1.78. The molecule has 0 N–H and O–H groups in total. The number of rotatable bonds is 3. The minimum atomic E-state index is 0.0811. The van der Waals surface area contributed by atoms with Crippen LogP contribution in [0.15, 0.2) is 47.6 Å². The monoisotopic (exact) mass is 378 g/mol. The SMILES string of the molecule is Cc1cc(N2CCCC2)ccc1C1C(c2ccccn2)N=C2SC(C)CN21. The fraction of sp³-hybridized carbons (Fsp3) is 0.455. The van der Waals surface area contributed by atoms with Crippen LogP contribution in [0.5, 0.6) is 0 Å². The number of thioether (sulfide) groups is 1. The van der Waals surface area contributed by atoms with E-state index in [-0.39, 0.29) is 12.1 Å². The van der Waals surface area contributed by atoms with Crippen LogP contribution in [-0.4, -0.2) is 39.9 Å². The summed E-state index contributed by atoms with van der Waals surface area (Å²) in [6.07, 6.45) is 4.51.